The minimum Gasteiger partial charge on any atom is -0.208 e. The summed E-state index contributed by atoms with van der Waals surface area (Å²) in [5.74, 6) is 0. The third-order valence-electron chi connectivity index (χ3n) is 4.85. The van der Waals surface area contributed by atoms with Crippen LogP contribution in [-0.2, 0) is 16.4 Å². The van der Waals surface area contributed by atoms with E-state index in [1.165, 1.54) is 5.56 Å². The Morgan fingerprint density at radius 2 is 1.82 bits per heavy atom. The maximum atomic E-state index is 12.6. The van der Waals surface area contributed by atoms with Gasteiger partial charge in [-0.15, -0.1) is 0 Å². The minimum absolute atomic E-state index is 0.0136. The van der Waals surface area contributed by atoms with Gasteiger partial charge in [-0.2, -0.15) is 10.2 Å². The van der Waals surface area contributed by atoms with Crippen LogP contribution in [0.15, 0.2) is 39.4 Å². The monoisotopic (exact) mass is 317 g/mol. The van der Waals surface area contributed by atoms with Gasteiger partial charge in [0.25, 0.3) is 0 Å². The van der Waals surface area contributed by atoms with Gasteiger partial charge < -0.3 is 0 Å². The average molecular weight is 317 g/mol. The molecule has 0 unspecified atom stereocenters. The summed E-state index contributed by atoms with van der Waals surface area (Å²) >= 11 is 0. The van der Waals surface area contributed by atoms with E-state index in [1.54, 1.807) is 0 Å². The average Bonchev–Trinajstić information content (AvgIpc) is 3.29. The lowest BCUT2D eigenvalue weighted by atomic mass is 9.89. The van der Waals surface area contributed by atoms with Crippen molar-refractivity contribution >= 4 is 16.1 Å². The number of rotatable bonds is 3. The third kappa shape index (κ3) is 2.61. The van der Waals surface area contributed by atoms with Gasteiger partial charge in [-0.3, -0.25) is 0 Å². The number of benzene rings is 1. The van der Waals surface area contributed by atoms with E-state index in [0.29, 0.717) is 11.3 Å². The van der Waals surface area contributed by atoms with Crippen LogP contribution in [0, 0.1) is 0 Å². The molecular weight excluding hydrogens is 298 g/mol. The summed E-state index contributed by atoms with van der Waals surface area (Å²) in [7, 11) is -3.39. The normalized spacial score (nSPS) is 23.2. The summed E-state index contributed by atoms with van der Waals surface area (Å²) in [6.45, 7) is 0. The molecule has 6 heteroatoms. The molecule has 0 aromatic heterocycles. The summed E-state index contributed by atoms with van der Waals surface area (Å²) in [5, 5.41) is 8.15. The van der Waals surface area contributed by atoms with Gasteiger partial charge in [-0.25, -0.2) is 13.1 Å². The fourth-order valence-corrected chi connectivity index (χ4v) is 4.86. The molecule has 1 aromatic rings. The molecule has 2 aliphatic carbocycles. The number of nitrogens with zero attached hydrogens (tertiary/aromatic N) is 2. The fraction of sp³-hybridized carbons (Fsp3) is 0.500. The van der Waals surface area contributed by atoms with Crippen LogP contribution in [0.25, 0.3) is 6.08 Å². The smallest absolute Gasteiger partial charge is 0.208 e. The topological polar surface area (TPSA) is 70.9 Å². The van der Waals surface area contributed by atoms with Crippen LogP contribution in [0.3, 0.4) is 0 Å². The van der Waals surface area contributed by atoms with Gasteiger partial charge >= 0.3 is 0 Å². The van der Waals surface area contributed by atoms with Gasteiger partial charge in [0, 0.05) is 6.04 Å². The van der Waals surface area contributed by atoms with Crippen molar-refractivity contribution < 1.29 is 8.42 Å². The second-order valence-corrected chi connectivity index (χ2v) is 8.15. The van der Waals surface area contributed by atoms with Gasteiger partial charge in [-0.1, -0.05) is 24.3 Å². The Morgan fingerprint density at radius 1 is 1.09 bits per heavy atom. The zero-order valence-corrected chi connectivity index (χ0v) is 13.1. The van der Waals surface area contributed by atoms with Crippen LogP contribution in [0.4, 0.5) is 0 Å². The molecule has 1 aliphatic heterocycles. The molecule has 0 bridgehead atoms. The molecule has 0 amide bonds. The van der Waals surface area contributed by atoms with Crippen LogP contribution >= 0.6 is 0 Å². The number of nitrogens with one attached hydrogen (secondary N) is 1. The summed E-state index contributed by atoms with van der Waals surface area (Å²) in [6.07, 6.45) is 6.54. The highest BCUT2D eigenvalue weighted by Gasteiger charge is 2.44. The molecule has 0 atom stereocenters. The van der Waals surface area contributed by atoms with Crippen LogP contribution in [0.2, 0.25) is 0 Å². The van der Waals surface area contributed by atoms with Gasteiger partial charge in [-0.05, 0) is 55.7 Å². The molecule has 1 N–H and O–H groups in total. The van der Waals surface area contributed by atoms with Crippen molar-refractivity contribution in [2.45, 2.75) is 50.2 Å². The number of aryl methyl sites for hydroxylation is 1. The van der Waals surface area contributed by atoms with E-state index >= 15 is 0 Å². The SMILES string of the molecule is O=S(=O)(NC1CCC2(CC1)N=N2)C1=Cc2ccccc2CC1. The highest BCUT2D eigenvalue weighted by molar-refractivity contribution is 7.93. The predicted molar refractivity (Wildman–Crippen MR) is 84.6 cm³/mol. The maximum Gasteiger partial charge on any atom is 0.236 e. The molecule has 0 radical (unpaired) electrons. The zero-order valence-electron chi connectivity index (χ0n) is 12.3. The molecule has 1 fully saturated rings. The lowest BCUT2D eigenvalue weighted by Gasteiger charge is -2.27. The lowest BCUT2D eigenvalue weighted by Crippen LogP contribution is -2.40. The number of hydrogen-bond donors (Lipinski definition) is 1. The van der Waals surface area contributed by atoms with Crippen molar-refractivity contribution in [2.75, 3.05) is 0 Å². The first-order chi connectivity index (χ1) is 10.6. The number of sulfonamides is 1. The van der Waals surface area contributed by atoms with E-state index in [1.807, 2.05) is 24.3 Å². The van der Waals surface area contributed by atoms with Crippen LogP contribution < -0.4 is 4.72 Å². The highest BCUT2D eigenvalue weighted by atomic mass is 32.2. The Morgan fingerprint density at radius 3 is 2.55 bits per heavy atom. The quantitative estimate of drug-likeness (QED) is 0.931. The van der Waals surface area contributed by atoms with E-state index in [-0.39, 0.29) is 11.7 Å². The van der Waals surface area contributed by atoms with Gasteiger partial charge in [0.2, 0.25) is 10.0 Å². The summed E-state index contributed by atoms with van der Waals surface area (Å²) in [5.41, 5.74) is 2.09. The molecule has 116 valence electrons. The van der Waals surface area contributed by atoms with E-state index in [4.69, 9.17) is 0 Å². The molecule has 22 heavy (non-hydrogen) atoms. The zero-order chi connectivity index (χ0) is 15.2. The highest BCUT2D eigenvalue weighted by Crippen LogP contribution is 2.42. The Hall–Kier alpha value is -1.53. The number of hydrogen-bond acceptors (Lipinski definition) is 4. The molecule has 1 heterocycles. The Kier molecular flexibility index (Phi) is 3.20. The van der Waals surface area contributed by atoms with Crippen LogP contribution in [-0.4, -0.2) is 20.1 Å². The lowest BCUT2D eigenvalue weighted by molar-refractivity contribution is 0.341. The van der Waals surface area contributed by atoms with Crippen molar-refractivity contribution in [2.24, 2.45) is 10.2 Å². The molecule has 4 rings (SSSR count). The third-order valence-corrected chi connectivity index (χ3v) is 6.50. The predicted octanol–water partition coefficient (Wildman–Crippen LogP) is 3.00. The first-order valence-corrected chi connectivity index (χ1v) is 9.30. The maximum absolute atomic E-state index is 12.6. The summed E-state index contributed by atoms with van der Waals surface area (Å²) in [6, 6.07) is 7.99. The summed E-state index contributed by atoms with van der Waals surface area (Å²) in [4.78, 5) is 0.507. The fourth-order valence-electron chi connectivity index (χ4n) is 3.38. The van der Waals surface area contributed by atoms with Crippen molar-refractivity contribution in [3.8, 4) is 0 Å². The van der Waals surface area contributed by atoms with Gasteiger partial charge in [0.1, 0.15) is 0 Å². The van der Waals surface area contributed by atoms with E-state index in [0.717, 1.165) is 37.7 Å². The largest absolute Gasteiger partial charge is 0.236 e. The number of allylic oxidation sites excluding steroid dienone is 1. The van der Waals surface area contributed by atoms with Crippen molar-refractivity contribution in [1.29, 1.82) is 0 Å². The molecule has 1 spiro atoms. The van der Waals surface area contributed by atoms with Crippen molar-refractivity contribution in [3.63, 3.8) is 0 Å². The van der Waals surface area contributed by atoms with Crippen LogP contribution in [0.5, 0.6) is 0 Å². The standard InChI is InChI=1S/C16H19N3O2S/c20-22(21,17-14-7-9-16(10-8-14)18-19-16)15-6-5-12-3-1-2-4-13(12)11-15/h1-4,11,14,17H,5-10H2. The molecule has 3 aliphatic rings. The van der Waals surface area contributed by atoms with Crippen molar-refractivity contribution in [1.82, 2.24) is 4.72 Å². The van der Waals surface area contributed by atoms with E-state index in [2.05, 4.69) is 21.0 Å². The summed E-state index contributed by atoms with van der Waals surface area (Å²) < 4.78 is 28.1. The Bertz CT molecular complexity index is 751. The van der Waals surface area contributed by atoms with Gasteiger partial charge in [0.05, 0.1) is 4.91 Å². The van der Waals surface area contributed by atoms with Crippen LogP contribution in [0.1, 0.15) is 43.2 Å². The molecule has 5 nitrogen and oxygen atoms in total. The van der Waals surface area contributed by atoms with Crippen molar-refractivity contribution in [3.05, 3.63) is 40.3 Å². The first kappa shape index (κ1) is 14.1. The molecule has 1 aromatic carbocycles. The molecule has 1 saturated carbocycles. The molecular formula is C16H19N3O2S. The number of fused-ring (bicyclic) bond motifs is 1. The van der Waals surface area contributed by atoms with Gasteiger partial charge in [0.15, 0.2) is 5.66 Å². The van der Waals surface area contributed by atoms with E-state index in [9.17, 15) is 8.42 Å². The minimum atomic E-state index is -3.39. The Balaban J connectivity index is 1.48. The Labute approximate surface area is 130 Å². The molecule has 0 saturated heterocycles. The second-order valence-electron chi connectivity index (χ2n) is 6.39. The first-order valence-electron chi connectivity index (χ1n) is 7.81. The van der Waals surface area contributed by atoms with E-state index < -0.39 is 10.0 Å². The second kappa shape index (κ2) is 4.99.